The minimum Gasteiger partial charge on any atom is -0.497 e. The van der Waals surface area contributed by atoms with Crippen molar-refractivity contribution in [2.45, 2.75) is 32.2 Å². The summed E-state index contributed by atoms with van der Waals surface area (Å²) in [7, 11) is -2.09. The molecule has 0 saturated heterocycles. The third kappa shape index (κ3) is 4.14. The minimum atomic E-state index is -3.74. The quantitative estimate of drug-likeness (QED) is 0.471. The van der Waals surface area contributed by atoms with Gasteiger partial charge >= 0.3 is 0 Å². The molecule has 4 rings (SSSR count). The van der Waals surface area contributed by atoms with Crippen molar-refractivity contribution in [1.82, 2.24) is 9.55 Å². The minimum absolute atomic E-state index is 0.225. The fourth-order valence-corrected chi connectivity index (χ4v) is 4.68. The lowest BCUT2D eigenvalue weighted by molar-refractivity contribution is 0.414. The molecule has 0 amide bonds. The molecule has 0 spiro atoms. The van der Waals surface area contributed by atoms with Gasteiger partial charge in [0.1, 0.15) is 11.3 Å². The third-order valence-electron chi connectivity index (χ3n) is 5.49. The van der Waals surface area contributed by atoms with Gasteiger partial charge in [-0.25, -0.2) is 13.4 Å². The largest absolute Gasteiger partial charge is 0.497 e. The summed E-state index contributed by atoms with van der Waals surface area (Å²) >= 11 is 0. The zero-order valence-electron chi connectivity index (χ0n) is 18.0. The molecule has 1 N–H and O–H groups in total. The first-order chi connectivity index (χ1) is 14.8. The number of aromatic nitrogens is 2. The Kier molecular flexibility index (Phi) is 5.45. The molecule has 7 heteroatoms. The summed E-state index contributed by atoms with van der Waals surface area (Å²) in [5.74, 6) is 0.792. The summed E-state index contributed by atoms with van der Waals surface area (Å²) in [5, 5.41) is 0. The number of hydrogen-bond acceptors (Lipinski definition) is 4. The maximum Gasteiger partial charge on any atom is 0.261 e. The van der Waals surface area contributed by atoms with E-state index < -0.39 is 10.0 Å². The number of ether oxygens (including phenoxy) is 1. The van der Waals surface area contributed by atoms with Crippen LogP contribution in [0.15, 0.2) is 65.8 Å². The van der Waals surface area contributed by atoms with Gasteiger partial charge in [-0.1, -0.05) is 29.8 Å². The number of aryl methyl sites for hydroxylation is 2. The van der Waals surface area contributed by atoms with E-state index in [0.717, 1.165) is 33.5 Å². The van der Waals surface area contributed by atoms with Gasteiger partial charge in [-0.2, -0.15) is 0 Å². The average molecular weight is 436 g/mol. The van der Waals surface area contributed by atoms with Gasteiger partial charge in [-0.15, -0.1) is 0 Å². The first-order valence-corrected chi connectivity index (χ1v) is 11.4. The van der Waals surface area contributed by atoms with E-state index in [1.165, 1.54) is 0 Å². The summed E-state index contributed by atoms with van der Waals surface area (Å²) in [6.45, 7) is 6.40. The summed E-state index contributed by atoms with van der Waals surface area (Å²) in [4.78, 5) is 4.78. The van der Waals surface area contributed by atoms with Gasteiger partial charge < -0.3 is 9.30 Å². The van der Waals surface area contributed by atoms with Crippen molar-refractivity contribution in [2.75, 3.05) is 11.8 Å². The van der Waals surface area contributed by atoms with Gasteiger partial charge in [-0.3, -0.25) is 4.72 Å². The standard InChI is InChI=1S/C24H25N3O3S/c1-16-8-10-21(11-9-16)31(28,29)26-23-18(3)17(2)12-22-24(23)25-15-27(22)14-19-6-5-7-20(13-19)30-4/h5-13,15,26H,14H2,1-4H3. The van der Waals surface area contributed by atoms with Gasteiger partial charge in [0.2, 0.25) is 0 Å². The van der Waals surface area contributed by atoms with Crippen molar-refractivity contribution in [1.29, 1.82) is 0 Å². The van der Waals surface area contributed by atoms with Crippen molar-refractivity contribution >= 4 is 26.7 Å². The molecule has 3 aromatic carbocycles. The predicted octanol–water partition coefficient (Wildman–Crippen LogP) is 4.82. The Morgan fingerprint density at radius 3 is 2.48 bits per heavy atom. The Hall–Kier alpha value is -3.32. The number of rotatable bonds is 6. The molecule has 31 heavy (non-hydrogen) atoms. The van der Waals surface area contributed by atoms with Crippen LogP contribution in [0.25, 0.3) is 11.0 Å². The maximum absolute atomic E-state index is 13.0. The molecule has 0 saturated carbocycles. The summed E-state index contributed by atoms with van der Waals surface area (Å²) in [6.07, 6.45) is 1.74. The maximum atomic E-state index is 13.0. The number of imidazole rings is 1. The highest BCUT2D eigenvalue weighted by Gasteiger charge is 2.20. The summed E-state index contributed by atoms with van der Waals surface area (Å²) < 4.78 is 36.2. The van der Waals surface area contributed by atoms with Crippen molar-refractivity contribution in [3.05, 3.63) is 83.2 Å². The lowest BCUT2D eigenvalue weighted by Crippen LogP contribution is -2.14. The van der Waals surface area contributed by atoms with E-state index >= 15 is 0 Å². The Balaban J connectivity index is 1.76. The lowest BCUT2D eigenvalue weighted by atomic mass is 10.1. The van der Waals surface area contributed by atoms with Crippen molar-refractivity contribution in [2.24, 2.45) is 0 Å². The van der Waals surface area contributed by atoms with Crippen molar-refractivity contribution in [3.8, 4) is 5.75 Å². The van der Waals surface area contributed by atoms with E-state index in [0.29, 0.717) is 17.7 Å². The lowest BCUT2D eigenvalue weighted by Gasteiger charge is -2.14. The van der Waals surface area contributed by atoms with Crippen LogP contribution in [-0.2, 0) is 16.6 Å². The van der Waals surface area contributed by atoms with E-state index in [1.807, 2.05) is 55.7 Å². The molecule has 1 aromatic heterocycles. The van der Waals surface area contributed by atoms with E-state index in [9.17, 15) is 8.42 Å². The zero-order valence-corrected chi connectivity index (χ0v) is 18.8. The first kappa shape index (κ1) is 20.9. The Bertz CT molecular complexity index is 1360. The van der Waals surface area contributed by atoms with E-state index in [4.69, 9.17) is 4.74 Å². The highest BCUT2D eigenvalue weighted by molar-refractivity contribution is 7.92. The monoisotopic (exact) mass is 435 g/mol. The van der Waals surface area contributed by atoms with Crippen LogP contribution in [0.4, 0.5) is 5.69 Å². The SMILES string of the molecule is COc1cccc(Cn2cnc3c(NS(=O)(=O)c4ccc(C)cc4)c(C)c(C)cc32)c1. The number of nitrogens with zero attached hydrogens (tertiary/aromatic N) is 2. The molecule has 0 aliphatic rings. The van der Waals surface area contributed by atoms with E-state index in [1.54, 1.807) is 37.7 Å². The van der Waals surface area contributed by atoms with E-state index in [-0.39, 0.29) is 4.90 Å². The number of sulfonamides is 1. The molecular formula is C24H25N3O3S. The smallest absolute Gasteiger partial charge is 0.261 e. The van der Waals surface area contributed by atoms with Gasteiger partial charge in [-0.05, 0) is 67.8 Å². The highest BCUT2D eigenvalue weighted by atomic mass is 32.2. The van der Waals surface area contributed by atoms with Crippen molar-refractivity contribution < 1.29 is 13.2 Å². The molecule has 0 fully saturated rings. The van der Waals surface area contributed by atoms with Crippen molar-refractivity contribution in [3.63, 3.8) is 0 Å². The number of methoxy groups -OCH3 is 1. The summed E-state index contributed by atoms with van der Waals surface area (Å²) in [5.41, 5.74) is 5.92. The molecule has 160 valence electrons. The van der Waals surface area contributed by atoms with Gasteiger partial charge in [0.05, 0.1) is 29.5 Å². The molecule has 0 radical (unpaired) electrons. The molecule has 0 unspecified atom stereocenters. The van der Waals surface area contributed by atoms with Crippen LogP contribution in [0, 0.1) is 20.8 Å². The van der Waals surface area contributed by atoms with Crippen LogP contribution in [-0.4, -0.2) is 25.1 Å². The average Bonchev–Trinajstić information content (AvgIpc) is 3.14. The second-order valence-corrected chi connectivity index (χ2v) is 9.39. The van der Waals surface area contributed by atoms with Gasteiger partial charge in [0.15, 0.2) is 0 Å². The fraction of sp³-hybridized carbons (Fsp3) is 0.208. The molecule has 4 aromatic rings. The fourth-order valence-electron chi connectivity index (χ4n) is 3.55. The van der Waals surface area contributed by atoms with Crippen LogP contribution in [0.3, 0.4) is 0 Å². The normalized spacial score (nSPS) is 11.6. The molecule has 0 atom stereocenters. The van der Waals surface area contributed by atoms with E-state index in [2.05, 4.69) is 9.71 Å². The molecular weight excluding hydrogens is 410 g/mol. The molecule has 0 bridgehead atoms. The molecule has 0 aliphatic carbocycles. The number of fused-ring (bicyclic) bond motifs is 1. The summed E-state index contributed by atoms with van der Waals surface area (Å²) in [6, 6.07) is 16.7. The van der Waals surface area contributed by atoms with Crippen LogP contribution < -0.4 is 9.46 Å². The second-order valence-electron chi connectivity index (χ2n) is 7.70. The first-order valence-electron chi connectivity index (χ1n) is 9.96. The van der Waals surface area contributed by atoms with Crippen LogP contribution in [0.2, 0.25) is 0 Å². The van der Waals surface area contributed by atoms with Crippen LogP contribution in [0.5, 0.6) is 5.75 Å². The zero-order chi connectivity index (χ0) is 22.2. The van der Waals surface area contributed by atoms with Crippen LogP contribution >= 0.6 is 0 Å². The highest BCUT2D eigenvalue weighted by Crippen LogP contribution is 2.31. The Morgan fingerprint density at radius 1 is 1.03 bits per heavy atom. The number of benzene rings is 3. The molecule has 0 aliphatic heterocycles. The molecule has 1 heterocycles. The number of anilines is 1. The van der Waals surface area contributed by atoms with Crippen LogP contribution in [0.1, 0.15) is 22.3 Å². The van der Waals surface area contributed by atoms with Gasteiger partial charge in [0.25, 0.3) is 10.0 Å². The van der Waals surface area contributed by atoms with Gasteiger partial charge in [0, 0.05) is 6.54 Å². The number of nitrogens with one attached hydrogen (secondary N) is 1. The number of hydrogen-bond donors (Lipinski definition) is 1. The second kappa shape index (κ2) is 8.07. The predicted molar refractivity (Wildman–Crippen MR) is 123 cm³/mol. The Labute approximate surface area is 182 Å². The third-order valence-corrected chi connectivity index (χ3v) is 6.86. The Morgan fingerprint density at radius 2 is 1.77 bits per heavy atom. The topological polar surface area (TPSA) is 73.2 Å². The molecule has 6 nitrogen and oxygen atoms in total.